The van der Waals surface area contributed by atoms with Crippen LogP contribution < -0.4 is 19.9 Å². The summed E-state index contributed by atoms with van der Waals surface area (Å²) in [6.45, 7) is 1.28. The fourth-order valence-corrected chi connectivity index (χ4v) is 4.58. The first-order valence-corrected chi connectivity index (χ1v) is 12.2. The van der Waals surface area contributed by atoms with E-state index in [0.717, 1.165) is 11.6 Å². The predicted octanol–water partition coefficient (Wildman–Crippen LogP) is 3.35. The highest BCUT2D eigenvalue weighted by atomic mass is 19.4. The third-order valence-corrected chi connectivity index (χ3v) is 6.47. The summed E-state index contributed by atoms with van der Waals surface area (Å²) in [6.07, 6.45) is -4.30. The molecule has 2 aromatic carbocycles. The fraction of sp³-hybridized carbons (Fsp3) is 0.400. The zero-order valence-corrected chi connectivity index (χ0v) is 20.6. The number of aliphatic hydroxyl groups excluding tert-OH is 1. The first-order chi connectivity index (χ1) is 18.7. The summed E-state index contributed by atoms with van der Waals surface area (Å²) in [5.41, 5.74) is 5.68. The molecule has 1 saturated heterocycles. The number of aromatic nitrogens is 2. The maximum absolute atomic E-state index is 13.9. The lowest BCUT2D eigenvalue weighted by Gasteiger charge is -2.22. The van der Waals surface area contributed by atoms with Gasteiger partial charge in [0.2, 0.25) is 11.8 Å². The number of halogens is 3. The number of aryl methyl sites for hydroxylation is 1. The molecule has 0 aliphatic carbocycles. The van der Waals surface area contributed by atoms with Gasteiger partial charge in [0, 0.05) is 12.1 Å². The van der Waals surface area contributed by atoms with E-state index in [1.807, 2.05) is 18.2 Å². The molecule has 5 rings (SSSR count). The first-order valence-electron chi connectivity index (χ1n) is 12.2. The Hall–Kier alpha value is -4.20. The van der Waals surface area contributed by atoms with Crippen molar-refractivity contribution in [3.8, 4) is 28.6 Å². The van der Waals surface area contributed by atoms with E-state index in [9.17, 15) is 18.3 Å². The minimum atomic E-state index is -4.70. The summed E-state index contributed by atoms with van der Waals surface area (Å²) in [4.78, 5) is 5.54. The molecule has 3 aromatic rings. The zero-order chi connectivity index (χ0) is 27.6. The van der Waals surface area contributed by atoms with Crippen molar-refractivity contribution in [3.05, 3.63) is 53.4 Å². The third-order valence-electron chi connectivity index (χ3n) is 6.47. The standard InChI is InChI=1S/C25H26F3N5O6/c26-25(27,28)16-13-15(22-30-23(39-32-22)21-17(34)7-8-33(21)24(29)31-35)4-6-18(16)36-9-1-2-14-3-5-19-20(12-14)38-11-10-37-19/h3-6,12-13,17,21,34-35H,1-2,7-11H2,(H2,29,31)/t17-,21-/m0/s1. The largest absolute Gasteiger partial charge is 0.493 e. The van der Waals surface area contributed by atoms with Gasteiger partial charge in [-0.25, -0.2) is 0 Å². The Morgan fingerprint density at radius 3 is 2.72 bits per heavy atom. The Bertz CT molecular complexity index is 1350. The van der Waals surface area contributed by atoms with Gasteiger partial charge in [-0.15, -0.1) is 0 Å². The van der Waals surface area contributed by atoms with Crippen LogP contribution >= 0.6 is 0 Å². The van der Waals surface area contributed by atoms with Crippen LogP contribution in [0.25, 0.3) is 11.4 Å². The molecule has 208 valence electrons. The number of oxime groups is 1. The maximum Gasteiger partial charge on any atom is 0.419 e. The number of fused-ring (bicyclic) bond motifs is 1. The number of guanidine groups is 1. The van der Waals surface area contributed by atoms with Gasteiger partial charge in [0.1, 0.15) is 25.0 Å². The van der Waals surface area contributed by atoms with Crippen molar-refractivity contribution in [2.75, 3.05) is 26.4 Å². The highest BCUT2D eigenvalue weighted by molar-refractivity contribution is 5.78. The lowest BCUT2D eigenvalue weighted by molar-refractivity contribution is -0.138. The molecule has 3 heterocycles. The van der Waals surface area contributed by atoms with Crippen molar-refractivity contribution >= 4 is 5.96 Å². The van der Waals surface area contributed by atoms with Crippen LogP contribution in [0.4, 0.5) is 13.2 Å². The molecule has 14 heteroatoms. The molecule has 0 bridgehead atoms. The summed E-state index contributed by atoms with van der Waals surface area (Å²) >= 11 is 0. The highest BCUT2D eigenvalue weighted by Crippen LogP contribution is 2.39. The number of rotatable bonds is 7. The molecule has 0 amide bonds. The summed E-state index contributed by atoms with van der Waals surface area (Å²) in [5, 5.41) is 26.0. The van der Waals surface area contributed by atoms with E-state index in [-0.39, 0.29) is 48.6 Å². The Kier molecular flexibility index (Phi) is 7.37. The number of ether oxygens (including phenoxy) is 3. The van der Waals surface area contributed by atoms with Crippen LogP contribution in [0.5, 0.6) is 17.2 Å². The van der Waals surface area contributed by atoms with Crippen LogP contribution in [-0.2, 0) is 12.6 Å². The molecule has 0 spiro atoms. The number of nitrogens with zero attached hydrogens (tertiary/aromatic N) is 4. The van der Waals surface area contributed by atoms with Crippen molar-refractivity contribution < 1.29 is 42.2 Å². The molecule has 0 unspecified atom stereocenters. The van der Waals surface area contributed by atoms with E-state index in [0.29, 0.717) is 37.6 Å². The summed E-state index contributed by atoms with van der Waals surface area (Å²) in [5.74, 6) is 0.561. The first kappa shape index (κ1) is 26.4. The second-order valence-electron chi connectivity index (χ2n) is 9.05. The van der Waals surface area contributed by atoms with Crippen molar-refractivity contribution in [2.45, 2.75) is 37.6 Å². The Balaban J connectivity index is 1.28. The molecule has 1 aromatic heterocycles. The average molecular weight is 550 g/mol. The number of benzene rings is 2. The molecule has 2 aliphatic heterocycles. The van der Waals surface area contributed by atoms with Gasteiger partial charge in [0.05, 0.1) is 18.3 Å². The molecular formula is C25H26F3N5O6. The Morgan fingerprint density at radius 1 is 1.15 bits per heavy atom. The molecule has 2 aliphatic rings. The van der Waals surface area contributed by atoms with Gasteiger partial charge in [-0.3, -0.25) is 0 Å². The lowest BCUT2D eigenvalue weighted by Crippen LogP contribution is -2.38. The van der Waals surface area contributed by atoms with Crippen LogP contribution in [0.3, 0.4) is 0 Å². The van der Waals surface area contributed by atoms with Crippen LogP contribution in [-0.4, -0.2) is 63.8 Å². The van der Waals surface area contributed by atoms with Gasteiger partial charge in [0.15, 0.2) is 11.5 Å². The summed E-state index contributed by atoms with van der Waals surface area (Å²) in [7, 11) is 0. The van der Waals surface area contributed by atoms with Gasteiger partial charge in [-0.05, 0) is 55.2 Å². The van der Waals surface area contributed by atoms with Gasteiger partial charge in [-0.2, -0.15) is 18.2 Å². The minimum absolute atomic E-state index is 0.0452. The molecule has 39 heavy (non-hydrogen) atoms. The number of hydrogen-bond acceptors (Lipinski definition) is 9. The fourth-order valence-electron chi connectivity index (χ4n) is 4.58. The number of aliphatic hydroxyl groups is 1. The highest BCUT2D eigenvalue weighted by Gasteiger charge is 2.40. The normalized spacial score (nSPS) is 19.4. The predicted molar refractivity (Wildman–Crippen MR) is 129 cm³/mol. The second kappa shape index (κ2) is 10.9. The van der Waals surface area contributed by atoms with E-state index in [1.165, 1.54) is 17.0 Å². The minimum Gasteiger partial charge on any atom is -0.493 e. The van der Waals surface area contributed by atoms with Crippen molar-refractivity contribution in [1.29, 1.82) is 0 Å². The number of hydrogen-bond donors (Lipinski definition) is 3. The van der Waals surface area contributed by atoms with Gasteiger partial charge in [-0.1, -0.05) is 16.4 Å². The van der Waals surface area contributed by atoms with Crippen LogP contribution in [0.15, 0.2) is 46.1 Å². The number of nitrogens with two attached hydrogens (primary N) is 1. The quantitative estimate of drug-likeness (QED) is 0.132. The average Bonchev–Trinajstić information content (AvgIpc) is 3.56. The number of alkyl halides is 3. The van der Waals surface area contributed by atoms with Crippen molar-refractivity contribution in [2.24, 2.45) is 10.9 Å². The molecule has 4 N–H and O–H groups in total. The molecule has 0 saturated carbocycles. The SMILES string of the molecule is N/C(=N\O)N1CC[C@H](O)[C@H]1c1nc(-c2ccc(OCCCc3ccc4c(c3)OCCO4)c(C(F)(F)F)c2)no1. The monoisotopic (exact) mass is 549 g/mol. The van der Waals surface area contributed by atoms with Gasteiger partial charge >= 0.3 is 6.18 Å². The van der Waals surface area contributed by atoms with E-state index < -0.39 is 23.9 Å². The Labute approximate surface area is 220 Å². The zero-order valence-electron chi connectivity index (χ0n) is 20.6. The summed E-state index contributed by atoms with van der Waals surface area (Å²) in [6, 6.07) is 8.15. The second-order valence-corrected chi connectivity index (χ2v) is 9.05. The van der Waals surface area contributed by atoms with Crippen LogP contribution in [0.1, 0.15) is 35.9 Å². The van der Waals surface area contributed by atoms with E-state index in [1.54, 1.807) is 0 Å². The van der Waals surface area contributed by atoms with Crippen LogP contribution in [0.2, 0.25) is 0 Å². The van der Waals surface area contributed by atoms with Gasteiger partial charge in [0.25, 0.3) is 5.89 Å². The van der Waals surface area contributed by atoms with Crippen molar-refractivity contribution in [1.82, 2.24) is 15.0 Å². The molecule has 1 fully saturated rings. The summed E-state index contributed by atoms with van der Waals surface area (Å²) < 4.78 is 63.5. The topological polar surface area (TPSA) is 149 Å². The van der Waals surface area contributed by atoms with E-state index in [4.69, 9.17) is 29.7 Å². The molecule has 2 atom stereocenters. The third kappa shape index (κ3) is 5.65. The molecular weight excluding hydrogens is 523 g/mol. The van der Waals surface area contributed by atoms with Gasteiger partial charge < -0.3 is 39.7 Å². The molecule has 0 radical (unpaired) electrons. The number of likely N-dealkylation sites (tertiary alicyclic amines) is 1. The van der Waals surface area contributed by atoms with Crippen molar-refractivity contribution in [3.63, 3.8) is 0 Å². The lowest BCUT2D eigenvalue weighted by atomic mass is 10.1. The maximum atomic E-state index is 13.9. The van der Waals surface area contributed by atoms with Crippen LogP contribution in [0, 0.1) is 0 Å². The smallest absolute Gasteiger partial charge is 0.419 e. The van der Waals surface area contributed by atoms with E-state index >= 15 is 0 Å². The van der Waals surface area contributed by atoms with E-state index in [2.05, 4.69) is 15.3 Å². The Morgan fingerprint density at radius 2 is 1.95 bits per heavy atom. The molecule has 11 nitrogen and oxygen atoms in total.